The van der Waals surface area contributed by atoms with Gasteiger partial charge in [0.05, 0.1) is 0 Å². The minimum atomic E-state index is -4.16. The van der Waals surface area contributed by atoms with Crippen LogP contribution in [0.2, 0.25) is 0 Å². The van der Waals surface area contributed by atoms with Crippen LogP contribution < -0.4 is 0 Å². The molecule has 0 atom stereocenters. The van der Waals surface area contributed by atoms with Gasteiger partial charge in [-0.25, -0.2) is 0 Å². The first-order valence-corrected chi connectivity index (χ1v) is 3.62. The van der Waals surface area contributed by atoms with Gasteiger partial charge in [0.25, 0.3) is 0 Å². The third-order valence-corrected chi connectivity index (χ3v) is 1.01. The fraction of sp³-hybridized carbons (Fsp3) is 1.00. The van der Waals surface area contributed by atoms with Gasteiger partial charge in [-0.05, 0) is 6.92 Å². The predicted octanol–water partition coefficient (Wildman–Crippen LogP) is -1.95. The maximum Gasteiger partial charge on any atom is 0.671 e. The van der Waals surface area contributed by atoms with E-state index in [9.17, 15) is 0 Å². The molecule has 0 aliphatic carbocycles. The molecule has 0 heterocycles. The van der Waals surface area contributed by atoms with E-state index in [1.54, 1.807) is 6.92 Å². The van der Waals surface area contributed by atoms with E-state index in [0.717, 1.165) is 0 Å². The molecule has 0 bridgehead atoms. The van der Waals surface area contributed by atoms with Crippen LogP contribution in [0.5, 0.6) is 0 Å². The minimum Gasteiger partial charge on any atom is -0.368 e. The first-order valence-electron chi connectivity index (χ1n) is 1.87. The fourth-order valence-corrected chi connectivity index (χ4v) is 0.581. The maximum absolute atomic E-state index is 8.05. The van der Waals surface area contributed by atoms with Crippen molar-refractivity contribution in [3.8, 4) is 0 Å². The Hall–Kier alpha value is 1.86. The van der Waals surface area contributed by atoms with E-state index >= 15 is 0 Å². The summed E-state index contributed by atoms with van der Waals surface area (Å²) in [7, 11) is -4.16. The molecule has 0 aromatic carbocycles. The molecule has 8 heavy (non-hydrogen) atoms. The third-order valence-electron chi connectivity index (χ3n) is 0.338. The topological polar surface area (TPSA) is 69.9 Å². The van der Waals surface area contributed by atoms with Crippen LogP contribution in [0.25, 0.3) is 0 Å². The smallest absolute Gasteiger partial charge is 0.368 e. The molecule has 6 heteroatoms. The molecule has 0 spiro atoms. The average molecular weight is 210 g/mol. The van der Waals surface area contributed by atoms with E-state index in [1.807, 2.05) is 0 Å². The molecular formula is C2H8O4RbSi. The Kier molecular flexibility index (Phi) is 8.82. The van der Waals surface area contributed by atoms with Gasteiger partial charge in [0.1, 0.15) is 0 Å². The molecule has 0 aromatic rings. The Labute approximate surface area is 97.8 Å². The van der Waals surface area contributed by atoms with Crippen molar-refractivity contribution in [1.29, 1.82) is 0 Å². The standard InChI is InChI=1S/C2H8O4Si.Rb/c1-2-6-7(3,4)5;/h3-5H,2H2,1H3;. The van der Waals surface area contributed by atoms with Gasteiger partial charge in [-0.15, -0.1) is 0 Å². The van der Waals surface area contributed by atoms with Gasteiger partial charge in [0.15, 0.2) is 0 Å². The second-order valence-electron chi connectivity index (χ2n) is 1.01. The third kappa shape index (κ3) is 10.8. The molecule has 0 fully saturated rings. The molecule has 0 aliphatic rings. The zero-order chi connectivity index (χ0) is 5.91. The summed E-state index contributed by atoms with van der Waals surface area (Å²) in [4.78, 5) is 24.1. The van der Waals surface area contributed by atoms with Crippen molar-refractivity contribution >= 4 is 67.2 Å². The summed E-state index contributed by atoms with van der Waals surface area (Å²) in [5, 5.41) is 0. The van der Waals surface area contributed by atoms with Crippen LogP contribution in [0.3, 0.4) is 0 Å². The summed E-state index contributed by atoms with van der Waals surface area (Å²) in [6, 6.07) is 0. The van der Waals surface area contributed by atoms with E-state index in [4.69, 9.17) is 14.4 Å². The van der Waals surface area contributed by atoms with Gasteiger partial charge in [0, 0.05) is 64.8 Å². The second kappa shape index (κ2) is 5.63. The van der Waals surface area contributed by atoms with Crippen LogP contribution in [0, 0.1) is 0 Å². The van der Waals surface area contributed by atoms with E-state index < -0.39 is 9.05 Å². The monoisotopic (exact) mass is 209 g/mol. The molecule has 0 aromatic heterocycles. The first-order chi connectivity index (χ1) is 3.06. The molecule has 4 nitrogen and oxygen atoms in total. The van der Waals surface area contributed by atoms with Crippen LogP contribution in [0.1, 0.15) is 6.92 Å². The summed E-state index contributed by atoms with van der Waals surface area (Å²) in [6.07, 6.45) is 0. The molecule has 1 radical (unpaired) electrons. The van der Waals surface area contributed by atoms with Crippen molar-refractivity contribution in [3.63, 3.8) is 0 Å². The molecule has 3 N–H and O–H groups in total. The molecule has 45 valence electrons. The summed E-state index contributed by atoms with van der Waals surface area (Å²) in [5.41, 5.74) is 0. The Morgan fingerprint density at radius 2 is 1.75 bits per heavy atom. The van der Waals surface area contributed by atoms with E-state index in [0.29, 0.717) is 0 Å². The van der Waals surface area contributed by atoms with Crippen LogP contribution >= 0.6 is 0 Å². The zero-order valence-electron chi connectivity index (χ0n) is 4.96. The Morgan fingerprint density at radius 1 is 1.38 bits per heavy atom. The van der Waals surface area contributed by atoms with Crippen molar-refractivity contribution in [2.45, 2.75) is 6.92 Å². The largest absolute Gasteiger partial charge is 0.671 e. The van der Waals surface area contributed by atoms with Crippen LogP contribution in [0.4, 0.5) is 0 Å². The summed E-state index contributed by atoms with van der Waals surface area (Å²) >= 11 is 0. The first kappa shape index (κ1) is 12.5. The van der Waals surface area contributed by atoms with Gasteiger partial charge in [0.2, 0.25) is 0 Å². The van der Waals surface area contributed by atoms with Gasteiger partial charge in [-0.3, -0.25) is 0 Å². The Morgan fingerprint density at radius 3 is 1.75 bits per heavy atom. The summed E-state index contributed by atoms with van der Waals surface area (Å²) in [5.74, 6) is 0. The van der Waals surface area contributed by atoms with Crippen LogP contribution in [-0.2, 0) is 4.43 Å². The quantitative estimate of drug-likeness (QED) is 0.463. The Bertz CT molecular complexity index is 52.5. The van der Waals surface area contributed by atoms with Crippen molar-refractivity contribution in [2.24, 2.45) is 0 Å². The summed E-state index contributed by atoms with van der Waals surface area (Å²) in [6.45, 7) is 1.68. The van der Waals surface area contributed by atoms with Gasteiger partial charge >= 0.3 is 9.05 Å². The van der Waals surface area contributed by atoms with E-state index in [2.05, 4.69) is 4.43 Å². The predicted molar refractivity (Wildman–Crippen MR) is 29.8 cm³/mol. The number of rotatable bonds is 2. The molecule has 0 saturated carbocycles. The molecule has 0 amide bonds. The van der Waals surface area contributed by atoms with Crippen molar-refractivity contribution in [1.82, 2.24) is 0 Å². The van der Waals surface area contributed by atoms with Gasteiger partial charge < -0.3 is 18.8 Å². The fourth-order valence-electron chi connectivity index (χ4n) is 0.194. The Balaban J connectivity index is 0. The molecular weight excluding hydrogens is 202 g/mol. The average Bonchev–Trinajstić information content (AvgIpc) is 1.30. The van der Waals surface area contributed by atoms with Crippen molar-refractivity contribution in [2.75, 3.05) is 6.61 Å². The van der Waals surface area contributed by atoms with E-state index in [-0.39, 0.29) is 64.8 Å². The maximum atomic E-state index is 8.05. The number of hydrogen-bond acceptors (Lipinski definition) is 4. The minimum absolute atomic E-state index is 0. The normalized spacial score (nSPS) is 10.5. The molecule has 0 rings (SSSR count). The van der Waals surface area contributed by atoms with Crippen molar-refractivity contribution < 1.29 is 18.8 Å². The number of hydrogen-bond donors (Lipinski definition) is 3. The zero-order valence-corrected chi connectivity index (χ0v) is 10.9. The van der Waals surface area contributed by atoms with Gasteiger partial charge in [-0.1, -0.05) is 0 Å². The molecule has 0 saturated heterocycles. The summed E-state index contributed by atoms with van der Waals surface area (Å²) < 4.78 is 4.03. The van der Waals surface area contributed by atoms with Gasteiger partial charge in [-0.2, -0.15) is 0 Å². The van der Waals surface area contributed by atoms with Crippen LogP contribution in [-0.4, -0.2) is 88.2 Å². The van der Waals surface area contributed by atoms with E-state index in [1.165, 1.54) is 0 Å². The van der Waals surface area contributed by atoms with Crippen LogP contribution in [0.15, 0.2) is 0 Å². The molecule has 0 unspecified atom stereocenters. The second-order valence-corrected chi connectivity index (χ2v) is 2.44. The van der Waals surface area contributed by atoms with Crippen molar-refractivity contribution in [3.05, 3.63) is 0 Å². The SMILES string of the molecule is CCO[Si](O)(O)O.[Rb]. The molecule has 0 aliphatic heterocycles.